The zero-order chi connectivity index (χ0) is 16.1. The van der Waals surface area contributed by atoms with Crippen LogP contribution in [0.1, 0.15) is 54.9 Å². The van der Waals surface area contributed by atoms with Crippen LogP contribution in [0.3, 0.4) is 0 Å². The molecule has 0 aromatic heterocycles. The third-order valence-electron chi connectivity index (χ3n) is 4.70. The van der Waals surface area contributed by atoms with E-state index in [2.05, 4.69) is 37.0 Å². The summed E-state index contributed by atoms with van der Waals surface area (Å²) in [5.74, 6) is 6.96. The lowest BCUT2D eigenvalue weighted by Gasteiger charge is -2.24. The molecule has 118 valence electrons. The quantitative estimate of drug-likeness (QED) is 0.655. The maximum absolute atomic E-state index is 12.9. The van der Waals surface area contributed by atoms with Gasteiger partial charge in [0, 0.05) is 11.1 Å². The summed E-state index contributed by atoms with van der Waals surface area (Å²) in [6.07, 6.45) is 7.71. The molecule has 1 aliphatic carbocycles. The Bertz CT molecular complexity index is 716. The van der Waals surface area contributed by atoms with Gasteiger partial charge in [-0.1, -0.05) is 44.1 Å². The lowest BCUT2D eigenvalue weighted by atomic mass is 9.81. The minimum absolute atomic E-state index is 0.220. The zero-order valence-corrected chi connectivity index (χ0v) is 13.7. The van der Waals surface area contributed by atoms with E-state index in [0.29, 0.717) is 0 Å². The number of benzene rings is 2. The van der Waals surface area contributed by atoms with Gasteiger partial charge in [-0.2, -0.15) is 0 Å². The molecular formula is C22H23F. The van der Waals surface area contributed by atoms with Crippen LogP contribution in [0.15, 0.2) is 42.5 Å². The first-order valence-electron chi connectivity index (χ1n) is 8.64. The standard InChI is InChI=1S/C22H23F/c1-2-3-4-18-7-11-21-16-19(8-12-20(21)15-18)6-5-17-9-13-22(23)14-10-17/h8-10,12-14,16,18H,2-4,7,11,15H2,1H3. The van der Waals surface area contributed by atoms with Gasteiger partial charge < -0.3 is 0 Å². The van der Waals surface area contributed by atoms with Crippen molar-refractivity contribution in [2.75, 3.05) is 0 Å². The van der Waals surface area contributed by atoms with Crippen molar-refractivity contribution < 1.29 is 4.39 Å². The van der Waals surface area contributed by atoms with Crippen LogP contribution >= 0.6 is 0 Å². The van der Waals surface area contributed by atoms with Crippen LogP contribution in [0.25, 0.3) is 0 Å². The van der Waals surface area contributed by atoms with Crippen molar-refractivity contribution in [3.05, 3.63) is 70.5 Å². The lowest BCUT2D eigenvalue weighted by molar-refractivity contribution is 0.413. The highest BCUT2D eigenvalue weighted by molar-refractivity contribution is 5.46. The van der Waals surface area contributed by atoms with Crippen molar-refractivity contribution >= 4 is 0 Å². The van der Waals surface area contributed by atoms with Crippen LogP contribution in [-0.4, -0.2) is 0 Å². The van der Waals surface area contributed by atoms with Gasteiger partial charge in [-0.15, -0.1) is 0 Å². The monoisotopic (exact) mass is 306 g/mol. The summed E-state index contributed by atoms with van der Waals surface area (Å²) in [5, 5.41) is 0. The Morgan fingerprint density at radius 3 is 2.52 bits per heavy atom. The third-order valence-corrected chi connectivity index (χ3v) is 4.70. The van der Waals surface area contributed by atoms with E-state index in [-0.39, 0.29) is 5.82 Å². The molecule has 23 heavy (non-hydrogen) atoms. The molecule has 1 atom stereocenters. The van der Waals surface area contributed by atoms with Crippen LogP contribution in [0.2, 0.25) is 0 Å². The molecule has 0 spiro atoms. The highest BCUT2D eigenvalue weighted by Crippen LogP contribution is 2.29. The van der Waals surface area contributed by atoms with E-state index < -0.39 is 0 Å². The average molecular weight is 306 g/mol. The van der Waals surface area contributed by atoms with Crippen LogP contribution in [-0.2, 0) is 12.8 Å². The smallest absolute Gasteiger partial charge is 0.123 e. The largest absolute Gasteiger partial charge is 0.207 e. The molecule has 0 bridgehead atoms. The molecule has 1 unspecified atom stereocenters. The summed E-state index contributed by atoms with van der Waals surface area (Å²) >= 11 is 0. The number of rotatable bonds is 3. The maximum Gasteiger partial charge on any atom is 0.123 e. The SMILES string of the molecule is CCCCC1CCc2cc(C#Cc3ccc(F)cc3)ccc2C1. The number of hydrogen-bond acceptors (Lipinski definition) is 0. The van der Waals surface area contributed by atoms with Gasteiger partial charge in [-0.3, -0.25) is 0 Å². The molecule has 1 heteroatoms. The number of hydrogen-bond donors (Lipinski definition) is 0. The van der Waals surface area contributed by atoms with Crippen molar-refractivity contribution in [1.29, 1.82) is 0 Å². The van der Waals surface area contributed by atoms with E-state index in [9.17, 15) is 4.39 Å². The third kappa shape index (κ3) is 4.23. The Morgan fingerprint density at radius 2 is 1.74 bits per heavy atom. The molecule has 0 fully saturated rings. The summed E-state index contributed by atoms with van der Waals surface area (Å²) in [4.78, 5) is 0. The van der Waals surface area contributed by atoms with Crippen LogP contribution in [0.4, 0.5) is 4.39 Å². The fourth-order valence-corrected chi connectivity index (χ4v) is 3.32. The van der Waals surface area contributed by atoms with Crippen molar-refractivity contribution in [1.82, 2.24) is 0 Å². The Morgan fingerprint density at radius 1 is 1.00 bits per heavy atom. The Labute approximate surface area is 138 Å². The number of halogens is 1. The molecular weight excluding hydrogens is 283 g/mol. The Balaban J connectivity index is 1.71. The van der Waals surface area contributed by atoms with Gasteiger partial charge >= 0.3 is 0 Å². The zero-order valence-electron chi connectivity index (χ0n) is 13.7. The fourth-order valence-electron chi connectivity index (χ4n) is 3.32. The summed E-state index contributed by atoms with van der Waals surface area (Å²) in [6, 6.07) is 13.0. The van der Waals surface area contributed by atoms with Crippen molar-refractivity contribution in [3.63, 3.8) is 0 Å². The molecule has 0 saturated carbocycles. The summed E-state index contributed by atoms with van der Waals surface area (Å²) in [5.41, 5.74) is 4.87. The van der Waals surface area contributed by atoms with E-state index in [1.54, 1.807) is 12.1 Å². The van der Waals surface area contributed by atoms with Crippen molar-refractivity contribution in [2.24, 2.45) is 5.92 Å². The summed E-state index contributed by atoms with van der Waals surface area (Å²) in [7, 11) is 0. The maximum atomic E-state index is 12.9. The predicted octanol–water partition coefficient (Wildman–Crippen LogP) is 5.52. The van der Waals surface area contributed by atoms with Gasteiger partial charge in [0.15, 0.2) is 0 Å². The molecule has 2 aromatic carbocycles. The van der Waals surface area contributed by atoms with E-state index in [0.717, 1.165) is 17.0 Å². The second kappa shape index (κ2) is 7.47. The number of aryl methyl sites for hydroxylation is 1. The molecule has 2 aromatic rings. The average Bonchev–Trinajstić information content (AvgIpc) is 2.59. The molecule has 0 amide bonds. The molecule has 1 aliphatic rings. The summed E-state index contributed by atoms with van der Waals surface area (Å²) in [6.45, 7) is 2.27. The van der Waals surface area contributed by atoms with Gasteiger partial charge in [-0.25, -0.2) is 4.39 Å². The fraction of sp³-hybridized carbons (Fsp3) is 0.364. The minimum Gasteiger partial charge on any atom is -0.207 e. The molecule has 0 heterocycles. The first-order valence-corrected chi connectivity index (χ1v) is 8.64. The first kappa shape index (κ1) is 15.8. The topological polar surface area (TPSA) is 0 Å². The van der Waals surface area contributed by atoms with Gasteiger partial charge in [-0.05, 0) is 72.7 Å². The lowest BCUT2D eigenvalue weighted by Crippen LogP contribution is -2.14. The van der Waals surface area contributed by atoms with Crippen LogP contribution in [0.5, 0.6) is 0 Å². The van der Waals surface area contributed by atoms with Gasteiger partial charge in [0.2, 0.25) is 0 Å². The first-order chi connectivity index (χ1) is 11.2. The van der Waals surface area contributed by atoms with E-state index in [4.69, 9.17) is 0 Å². The van der Waals surface area contributed by atoms with Gasteiger partial charge in [0.05, 0.1) is 0 Å². The second-order valence-corrected chi connectivity index (χ2v) is 6.49. The Hall–Kier alpha value is -2.07. The number of fused-ring (bicyclic) bond motifs is 1. The van der Waals surface area contributed by atoms with Gasteiger partial charge in [0.1, 0.15) is 5.82 Å². The highest BCUT2D eigenvalue weighted by Gasteiger charge is 2.18. The van der Waals surface area contributed by atoms with E-state index in [1.807, 2.05) is 0 Å². The molecule has 3 rings (SSSR count). The van der Waals surface area contributed by atoms with Crippen molar-refractivity contribution in [2.45, 2.75) is 45.4 Å². The second-order valence-electron chi connectivity index (χ2n) is 6.49. The molecule has 0 aliphatic heterocycles. The predicted molar refractivity (Wildman–Crippen MR) is 93.9 cm³/mol. The minimum atomic E-state index is -0.220. The van der Waals surface area contributed by atoms with Crippen LogP contribution < -0.4 is 0 Å². The molecule has 0 saturated heterocycles. The summed E-state index contributed by atoms with van der Waals surface area (Å²) < 4.78 is 12.9. The van der Waals surface area contributed by atoms with Gasteiger partial charge in [0.25, 0.3) is 0 Å². The van der Waals surface area contributed by atoms with Crippen LogP contribution in [0, 0.1) is 23.6 Å². The molecule has 0 radical (unpaired) electrons. The molecule has 0 nitrogen and oxygen atoms in total. The highest BCUT2D eigenvalue weighted by atomic mass is 19.1. The number of unbranched alkanes of at least 4 members (excludes halogenated alkanes) is 1. The van der Waals surface area contributed by atoms with Crippen molar-refractivity contribution in [3.8, 4) is 11.8 Å². The van der Waals surface area contributed by atoms with E-state index in [1.165, 1.54) is 61.8 Å². The molecule has 0 N–H and O–H groups in total. The van der Waals surface area contributed by atoms with E-state index >= 15 is 0 Å². The normalized spacial score (nSPS) is 16.3. The Kier molecular flexibility index (Phi) is 5.13.